The van der Waals surface area contributed by atoms with Crippen LogP contribution in [-0.2, 0) is 20.0 Å². The van der Waals surface area contributed by atoms with E-state index in [1.54, 1.807) is 23.9 Å². The zero-order valence-electron chi connectivity index (χ0n) is 12.1. The highest BCUT2D eigenvalue weighted by Gasteiger charge is 2.15. The summed E-state index contributed by atoms with van der Waals surface area (Å²) in [5.74, 6) is 0.716. The van der Waals surface area contributed by atoms with Gasteiger partial charge in [-0.15, -0.1) is 0 Å². The molecule has 5 nitrogen and oxygen atoms in total. The summed E-state index contributed by atoms with van der Waals surface area (Å²) in [6.07, 6.45) is 2.68. The molecule has 2 aromatic heterocycles. The Morgan fingerprint density at radius 2 is 2.14 bits per heavy atom. The van der Waals surface area contributed by atoms with Crippen LogP contribution in [-0.4, -0.2) is 28.0 Å². The Hall–Kier alpha value is -1.66. The topological polar surface area (TPSA) is 50.2 Å². The molecule has 1 aliphatic heterocycles. The van der Waals surface area contributed by atoms with Crippen LogP contribution < -0.4 is 10.9 Å². The quantitative estimate of drug-likeness (QED) is 0.904. The number of pyridine rings is 2. The van der Waals surface area contributed by atoms with Gasteiger partial charge in [0.1, 0.15) is 11.5 Å². The molecule has 0 amide bonds. The second-order valence-corrected chi connectivity index (χ2v) is 6.32. The molecule has 0 aromatic carbocycles. The molecule has 2 aromatic rings. The minimum Gasteiger partial charge on any atom is -0.336 e. The lowest BCUT2D eigenvalue weighted by Gasteiger charge is -2.24. The standard InChI is InChI=1S/C15H17BrN4O/c1-19-6-5-12-10(8-19)3-4-14(17-12)18-13-7-11(16)9-20(2)15(13)21/h3-4,7,9H,5-6,8H2,1-2H3,(H,17,18). The van der Waals surface area contributed by atoms with Crippen LogP contribution in [0, 0.1) is 0 Å². The fourth-order valence-electron chi connectivity index (χ4n) is 2.52. The molecule has 21 heavy (non-hydrogen) atoms. The molecule has 0 fully saturated rings. The Balaban J connectivity index is 1.91. The number of hydrogen-bond donors (Lipinski definition) is 1. The molecule has 0 spiro atoms. The first-order valence-corrected chi connectivity index (χ1v) is 7.63. The van der Waals surface area contributed by atoms with Gasteiger partial charge < -0.3 is 14.8 Å². The monoisotopic (exact) mass is 348 g/mol. The van der Waals surface area contributed by atoms with E-state index in [9.17, 15) is 4.79 Å². The van der Waals surface area contributed by atoms with E-state index in [2.05, 4.69) is 44.2 Å². The Morgan fingerprint density at radius 3 is 2.95 bits per heavy atom. The van der Waals surface area contributed by atoms with Crippen molar-refractivity contribution in [2.45, 2.75) is 13.0 Å². The minimum absolute atomic E-state index is 0.0718. The van der Waals surface area contributed by atoms with Gasteiger partial charge in [0.2, 0.25) is 0 Å². The third kappa shape index (κ3) is 3.01. The Labute approximate surface area is 131 Å². The summed E-state index contributed by atoms with van der Waals surface area (Å²) in [5.41, 5.74) is 2.83. The number of aromatic nitrogens is 2. The molecule has 1 aliphatic rings. The van der Waals surface area contributed by atoms with Gasteiger partial charge in [0, 0.05) is 42.9 Å². The van der Waals surface area contributed by atoms with Gasteiger partial charge in [-0.25, -0.2) is 4.98 Å². The molecular weight excluding hydrogens is 332 g/mol. The number of halogens is 1. The van der Waals surface area contributed by atoms with Crippen molar-refractivity contribution in [1.82, 2.24) is 14.5 Å². The summed E-state index contributed by atoms with van der Waals surface area (Å²) in [5, 5.41) is 3.13. The number of fused-ring (bicyclic) bond motifs is 1. The van der Waals surface area contributed by atoms with Gasteiger partial charge in [-0.1, -0.05) is 6.07 Å². The van der Waals surface area contributed by atoms with Crippen molar-refractivity contribution >= 4 is 27.4 Å². The lowest BCUT2D eigenvalue weighted by atomic mass is 10.1. The predicted molar refractivity (Wildman–Crippen MR) is 86.9 cm³/mol. The predicted octanol–water partition coefficient (Wildman–Crippen LogP) is 2.27. The van der Waals surface area contributed by atoms with Gasteiger partial charge in [0.05, 0.1) is 0 Å². The van der Waals surface area contributed by atoms with E-state index in [1.165, 1.54) is 5.56 Å². The second-order valence-electron chi connectivity index (χ2n) is 5.40. The summed E-state index contributed by atoms with van der Waals surface area (Å²) >= 11 is 3.40. The highest BCUT2D eigenvalue weighted by atomic mass is 79.9. The average Bonchev–Trinajstić information content (AvgIpc) is 2.44. The summed E-state index contributed by atoms with van der Waals surface area (Å²) in [4.78, 5) is 19.0. The van der Waals surface area contributed by atoms with Crippen molar-refractivity contribution in [2.24, 2.45) is 7.05 Å². The molecule has 3 rings (SSSR count). The van der Waals surface area contributed by atoms with Crippen molar-refractivity contribution in [3.63, 3.8) is 0 Å². The summed E-state index contributed by atoms with van der Waals surface area (Å²) in [6, 6.07) is 5.79. The molecular formula is C15H17BrN4O. The van der Waals surface area contributed by atoms with E-state index >= 15 is 0 Å². The van der Waals surface area contributed by atoms with Crippen LogP contribution in [0.25, 0.3) is 0 Å². The lowest BCUT2D eigenvalue weighted by Crippen LogP contribution is -2.27. The summed E-state index contributed by atoms with van der Waals surface area (Å²) in [7, 11) is 3.84. The van der Waals surface area contributed by atoms with Crippen LogP contribution in [0.1, 0.15) is 11.3 Å². The molecule has 0 saturated carbocycles. The third-order valence-corrected chi connectivity index (χ3v) is 4.09. The van der Waals surface area contributed by atoms with Gasteiger partial charge in [0.15, 0.2) is 0 Å². The smallest absolute Gasteiger partial charge is 0.274 e. The maximum absolute atomic E-state index is 12.1. The van der Waals surface area contributed by atoms with E-state index < -0.39 is 0 Å². The highest BCUT2D eigenvalue weighted by Crippen LogP contribution is 2.21. The first-order chi connectivity index (χ1) is 10.0. The van der Waals surface area contributed by atoms with E-state index in [0.29, 0.717) is 11.5 Å². The lowest BCUT2D eigenvalue weighted by molar-refractivity contribution is 0.310. The van der Waals surface area contributed by atoms with Crippen LogP contribution >= 0.6 is 15.9 Å². The number of likely N-dealkylation sites (N-methyl/N-ethyl adjacent to an activating group) is 1. The van der Waals surface area contributed by atoms with Crippen LogP contribution in [0.2, 0.25) is 0 Å². The summed E-state index contributed by atoms with van der Waals surface area (Å²) < 4.78 is 2.39. The number of nitrogens with one attached hydrogen (secondary N) is 1. The average molecular weight is 349 g/mol. The van der Waals surface area contributed by atoms with Crippen LogP contribution in [0.4, 0.5) is 11.5 Å². The van der Waals surface area contributed by atoms with E-state index in [-0.39, 0.29) is 5.56 Å². The Kier molecular flexibility index (Phi) is 3.82. The van der Waals surface area contributed by atoms with Crippen molar-refractivity contribution in [1.29, 1.82) is 0 Å². The van der Waals surface area contributed by atoms with E-state index in [1.807, 2.05) is 6.07 Å². The molecule has 0 aliphatic carbocycles. The molecule has 0 radical (unpaired) electrons. The first kappa shape index (κ1) is 14.3. The van der Waals surface area contributed by atoms with Gasteiger partial charge in [-0.3, -0.25) is 4.79 Å². The van der Waals surface area contributed by atoms with Gasteiger partial charge in [-0.05, 0) is 40.7 Å². The number of aryl methyl sites for hydroxylation is 1. The highest BCUT2D eigenvalue weighted by molar-refractivity contribution is 9.10. The molecule has 0 saturated heterocycles. The van der Waals surface area contributed by atoms with Gasteiger partial charge in [-0.2, -0.15) is 0 Å². The largest absolute Gasteiger partial charge is 0.336 e. The maximum Gasteiger partial charge on any atom is 0.274 e. The fraction of sp³-hybridized carbons (Fsp3) is 0.333. The van der Waals surface area contributed by atoms with Gasteiger partial charge >= 0.3 is 0 Å². The van der Waals surface area contributed by atoms with Crippen molar-refractivity contribution < 1.29 is 0 Å². The number of rotatable bonds is 2. The summed E-state index contributed by atoms with van der Waals surface area (Å²) in [6.45, 7) is 1.95. The molecule has 0 unspecified atom stereocenters. The minimum atomic E-state index is -0.0718. The molecule has 110 valence electrons. The van der Waals surface area contributed by atoms with Crippen LogP contribution in [0.5, 0.6) is 0 Å². The second kappa shape index (κ2) is 5.61. The molecule has 0 bridgehead atoms. The SMILES string of the molecule is CN1CCc2nc(Nc3cc(Br)cn(C)c3=O)ccc2C1. The normalized spacial score (nSPS) is 14.8. The van der Waals surface area contributed by atoms with Crippen molar-refractivity contribution in [2.75, 3.05) is 18.9 Å². The molecule has 1 N–H and O–H groups in total. The van der Waals surface area contributed by atoms with E-state index in [0.717, 1.165) is 29.7 Å². The maximum atomic E-state index is 12.1. The Bertz CT molecular complexity index is 741. The van der Waals surface area contributed by atoms with Crippen molar-refractivity contribution in [3.05, 3.63) is 50.5 Å². The number of nitrogens with zero attached hydrogens (tertiary/aromatic N) is 3. The van der Waals surface area contributed by atoms with Gasteiger partial charge in [0.25, 0.3) is 5.56 Å². The van der Waals surface area contributed by atoms with Crippen molar-refractivity contribution in [3.8, 4) is 0 Å². The zero-order chi connectivity index (χ0) is 15.0. The fourth-order valence-corrected chi connectivity index (χ4v) is 3.06. The zero-order valence-corrected chi connectivity index (χ0v) is 13.6. The number of anilines is 2. The molecule has 0 atom stereocenters. The van der Waals surface area contributed by atoms with Crippen LogP contribution in [0.3, 0.4) is 0 Å². The first-order valence-electron chi connectivity index (χ1n) is 6.83. The van der Waals surface area contributed by atoms with E-state index in [4.69, 9.17) is 0 Å². The molecule has 6 heteroatoms. The molecule has 3 heterocycles. The third-order valence-electron chi connectivity index (χ3n) is 3.65. The van der Waals surface area contributed by atoms with Crippen LogP contribution in [0.15, 0.2) is 33.7 Å². The Morgan fingerprint density at radius 1 is 1.33 bits per heavy atom. The number of hydrogen-bond acceptors (Lipinski definition) is 4.